The summed E-state index contributed by atoms with van der Waals surface area (Å²) in [7, 11) is 0. The highest BCUT2D eigenvalue weighted by Crippen LogP contribution is 2.23. The number of nitrogens with one attached hydrogen (secondary N) is 2. The fourth-order valence-corrected chi connectivity index (χ4v) is 3.94. The van der Waals surface area contributed by atoms with Gasteiger partial charge in [-0.05, 0) is 54.1 Å². The number of hydrogen-bond acceptors (Lipinski definition) is 7. The molecular formula is C28H26ClN9O2. The van der Waals surface area contributed by atoms with Crippen molar-refractivity contribution < 1.29 is 9.59 Å². The van der Waals surface area contributed by atoms with Gasteiger partial charge in [0.1, 0.15) is 25.0 Å². The van der Waals surface area contributed by atoms with Crippen molar-refractivity contribution in [3.8, 4) is 5.69 Å². The van der Waals surface area contributed by atoms with Gasteiger partial charge in [-0.3, -0.25) is 14.6 Å². The van der Waals surface area contributed by atoms with Gasteiger partial charge in [-0.15, -0.1) is 5.10 Å². The molecule has 0 aliphatic rings. The minimum absolute atomic E-state index is 0.285. The first-order chi connectivity index (χ1) is 19.4. The molecule has 4 aromatic rings. The molecule has 0 radical (unpaired) electrons. The summed E-state index contributed by atoms with van der Waals surface area (Å²) in [4.78, 5) is 30.2. The summed E-state index contributed by atoms with van der Waals surface area (Å²) in [6.07, 6.45) is 7.43. The highest BCUT2D eigenvalue weighted by Gasteiger charge is 2.21. The zero-order valence-electron chi connectivity index (χ0n) is 21.3. The number of nitrogens with two attached hydrogens (primary N) is 1. The van der Waals surface area contributed by atoms with Gasteiger partial charge in [0.15, 0.2) is 0 Å². The smallest absolute Gasteiger partial charge is 0.247 e. The molecule has 0 saturated carbocycles. The maximum absolute atomic E-state index is 13.3. The minimum atomic E-state index is -0.856. The predicted octanol–water partition coefficient (Wildman–Crippen LogP) is 3.62. The summed E-state index contributed by atoms with van der Waals surface area (Å²) in [5, 5.41) is 18.5. The molecule has 1 aromatic heterocycles. The van der Waals surface area contributed by atoms with Crippen LogP contribution in [0.3, 0.4) is 0 Å². The highest BCUT2D eigenvalue weighted by molar-refractivity contribution is 6.30. The number of rotatable bonds is 11. The number of nitrogens with zero attached hydrogens (tertiary/aromatic N) is 6. The molecule has 2 amide bonds. The molecule has 0 saturated heterocycles. The number of benzene rings is 3. The van der Waals surface area contributed by atoms with Gasteiger partial charge >= 0.3 is 0 Å². The van der Waals surface area contributed by atoms with Crippen LogP contribution in [-0.2, 0) is 16.0 Å². The number of halogens is 1. The lowest BCUT2D eigenvalue weighted by Gasteiger charge is -2.18. The van der Waals surface area contributed by atoms with Crippen LogP contribution >= 0.6 is 11.6 Å². The molecule has 40 heavy (non-hydrogen) atoms. The Bertz CT molecular complexity index is 1500. The van der Waals surface area contributed by atoms with Crippen molar-refractivity contribution in [2.45, 2.75) is 12.5 Å². The molecule has 1 atom stereocenters. The minimum Gasteiger partial charge on any atom is -0.340 e. The normalized spacial score (nSPS) is 11.8. The Morgan fingerprint density at radius 3 is 2.60 bits per heavy atom. The quantitative estimate of drug-likeness (QED) is 0.0848. The SMILES string of the molecule is C=N/N=C\N(N)c1ccc(Cl)cc1/C=C/C(=O)N[C@@H](Cc1ccccc1)C(=O)Nc1ccc(-n2cncn2)cc1. The summed E-state index contributed by atoms with van der Waals surface area (Å²) in [6.45, 7) is 3.28. The standard InChI is InChI=1S/C28H26ClN9O2/c1-31-33-19-37(30)26-13-8-22(29)16-21(26)7-14-27(39)36-25(15-20-5-3-2-4-6-20)28(40)35-23-9-11-24(12-10-23)38-18-32-17-34-38/h2-14,16-19,25H,1,15,30H2,(H,35,40)(H,36,39)/b14-7+,33-19-/t25-/m0/s1. The Labute approximate surface area is 235 Å². The number of carbonyl (C=O) groups excluding carboxylic acids is 2. The maximum atomic E-state index is 13.3. The van der Waals surface area contributed by atoms with E-state index in [-0.39, 0.29) is 12.3 Å². The van der Waals surface area contributed by atoms with Crippen molar-refractivity contribution in [3.63, 3.8) is 0 Å². The predicted molar refractivity (Wildman–Crippen MR) is 157 cm³/mol. The molecule has 0 aliphatic carbocycles. The molecule has 202 valence electrons. The number of hydrazine groups is 1. The van der Waals surface area contributed by atoms with Crippen LogP contribution in [0, 0.1) is 0 Å². The zero-order chi connectivity index (χ0) is 28.3. The lowest BCUT2D eigenvalue weighted by atomic mass is 10.0. The van der Waals surface area contributed by atoms with E-state index in [0.717, 1.165) is 11.3 Å². The lowest BCUT2D eigenvalue weighted by molar-refractivity contribution is -0.123. The fraction of sp³-hybridized carbons (Fsp3) is 0.0714. The number of carbonyl (C=O) groups is 2. The first-order valence-corrected chi connectivity index (χ1v) is 12.4. The van der Waals surface area contributed by atoms with Crippen molar-refractivity contribution in [3.05, 3.63) is 108 Å². The van der Waals surface area contributed by atoms with Crippen molar-refractivity contribution in [1.82, 2.24) is 20.1 Å². The first-order valence-electron chi connectivity index (χ1n) is 12.0. The van der Waals surface area contributed by atoms with Crippen molar-refractivity contribution in [1.29, 1.82) is 0 Å². The summed E-state index contributed by atoms with van der Waals surface area (Å²) in [6, 6.07) is 20.6. The topological polar surface area (TPSA) is 143 Å². The number of aromatic nitrogens is 3. The van der Waals surface area contributed by atoms with Gasteiger partial charge in [0.05, 0.1) is 11.4 Å². The van der Waals surface area contributed by atoms with Crippen LogP contribution < -0.4 is 21.5 Å². The maximum Gasteiger partial charge on any atom is 0.247 e. The third-order valence-electron chi connectivity index (χ3n) is 5.67. The fourth-order valence-electron chi connectivity index (χ4n) is 3.76. The average molecular weight is 556 g/mol. The zero-order valence-corrected chi connectivity index (χ0v) is 22.0. The molecule has 0 unspecified atom stereocenters. The first kappa shape index (κ1) is 27.9. The van der Waals surface area contributed by atoms with E-state index in [4.69, 9.17) is 17.4 Å². The Morgan fingerprint density at radius 2 is 1.90 bits per heavy atom. The Kier molecular flexibility index (Phi) is 9.48. The van der Waals surface area contributed by atoms with E-state index in [1.54, 1.807) is 59.5 Å². The number of amides is 2. The Balaban J connectivity index is 1.50. The molecule has 12 heteroatoms. The van der Waals surface area contributed by atoms with Gasteiger partial charge in [0, 0.05) is 35.5 Å². The molecule has 0 bridgehead atoms. The van der Waals surface area contributed by atoms with Gasteiger partial charge in [-0.25, -0.2) is 15.5 Å². The van der Waals surface area contributed by atoms with Crippen LogP contribution in [0.5, 0.6) is 0 Å². The number of hydrogen-bond donors (Lipinski definition) is 3. The van der Waals surface area contributed by atoms with Crippen molar-refractivity contribution >= 4 is 53.9 Å². The van der Waals surface area contributed by atoms with E-state index in [1.165, 1.54) is 23.8 Å². The molecule has 4 rings (SSSR count). The van der Waals surface area contributed by atoms with E-state index < -0.39 is 11.9 Å². The molecule has 11 nitrogen and oxygen atoms in total. The molecule has 0 aliphatic heterocycles. The van der Waals surface area contributed by atoms with Crippen molar-refractivity contribution in [2.24, 2.45) is 16.0 Å². The van der Waals surface area contributed by atoms with Crippen molar-refractivity contribution in [2.75, 3.05) is 10.3 Å². The van der Waals surface area contributed by atoms with E-state index in [9.17, 15) is 9.59 Å². The highest BCUT2D eigenvalue weighted by atomic mass is 35.5. The second kappa shape index (κ2) is 13.6. The molecule has 0 fully saturated rings. The summed E-state index contributed by atoms with van der Waals surface area (Å²) < 4.78 is 1.61. The largest absolute Gasteiger partial charge is 0.340 e. The van der Waals surface area contributed by atoms with Crippen LogP contribution in [0.4, 0.5) is 11.4 Å². The van der Waals surface area contributed by atoms with Gasteiger partial charge < -0.3 is 10.6 Å². The van der Waals surface area contributed by atoms with Crippen LogP contribution in [-0.4, -0.2) is 45.7 Å². The Hall–Kier alpha value is -5.13. The average Bonchev–Trinajstić information content (AvgIpc) is 3.51. The van der Waals surface area contributed by atoms with E-state index in [2.05, 4.69) is 37.6 Å². The van der Waals surface area contributed by atoms with Gasteiger partial charge in [-0.2, -0.15) is 10.2 Å². The van der Waals surface area contributed by atoms with E-state index in [1.807, 2.05) is 30.3 Å². The second-order valence-corrected chi connectivity index (χ2v) is 8.88. The monoisotopic (exact) mass is 555 g/mol. The third-order valence-corrected chi connectivity index (χ3v) is 5.91. The molecular weight excluding hydrogens is 530 g/mol. The Morgan fingerprint density at radius 1 is 1.12 bits per heavy atom. The van der Waals surface area contributed by atoms with E-state index >= 15 is 0 Å². The van der Waals surface area contributed by atoms with E-state index in [0.29, 0.717) is 22.0 Å². The van der Waals surface area contributed by atoms with Crippen LogP contribution in [0.15, 0.2) is 102 Å². The molecule has 1 heterocycles. The van der Waals surface area contributed by atoms with Crippen LogP contribution in [0.25, 0.3) is 11.8 Å². The third kappa shape index (κ3) is 7.69. The van der Waals surface area contributed by atoms with Crippen LogP contribution in [0.1, 0.15) is 11.1 Å². The second-order valence-electron chi connectivity index (χ2n) is 8.44. The summed E-state index contributed by atoms with van der Waals surface area (Å²) in [5.74, 6) is 5.16. The summed E-state index contributed by atoms with van der Waals surface area (Å²) >= 11 is 6.16. The lowest BCUT2D eigenvalue weighted by Crippen LogP contribution is -2.44. The molecule has 4 N–H and O–H groups in total. The van der Waals surface area contributed by atoms with Gasteiger partial charge in [0.25, 0.3) is 0 Å². The van der Waals surface area contributed by atoms with Crippen LogP contribution in [0.2, 0.25) is 5.02 Å². The summed E-state index contributed by atoms with van der Waals surface area (Å²) in [5.41, 5.74) is 3.32. The number of anilines is 2. The van der Waals surface area contributed by atoms with Gasteiger partial charge in [-0.1, -0.05) is 41.9 Å². The molecule has 0 spiro atoms. The molecule has 3 aromatic carbocycles. The van der Waals surface area contributed by atoms with Gasteiger partial charge in [0.2, 0.25) is 11.8 Å².